The van der Waals surface area contributed by atoms with Crippen molar-refractivity contribution < 1.29 is 4.74 Å². The van der Waals surface area contributed by atoms with Gasteiger partial charge in [0.15, 0.2) is 5.96 Å². The molecule has 1 aliphatic rings. The number of rotatable bonds is 6. The van der Waals surface area contributed by atoms with Crippen LogP contribution in [0, 0.1) is 6.92 Å². The van der Waals surface area contributed by atoms with Crippen molar-refractivity contribution in [2.24, 2.45) is 4.99 Å². The second kappa shape index (κ2) is 11.0. The molecule has 0 aromatic carbocycles. The number of nitrogens with one attached hydrogen (secondary N) is 2. The van der Waals surface area contributed by atoms with Crippen molar-refractivity contribution in [3.8, 4) is 0 Å². The second-order valence-corrected chi connectivity index (χ2v) is 6.03. The van der Waals surface area contributed by atoms with Crippen molar-refractivity contribution in [2.45, 2.75) is 26.2 Å². The van der Waals surface area contributed by atoms with Crippen LogP contribution in [0.2, 0.25) is 0 Å². The van der Waals surface area contributed by atoms with Crippen LogP contribution in [0.4, 0.5) is 0 Å². The fourth-order valence-electron chi connectivity index (χ4n) is 2.19. The highest BCUT2D eigenvalue weighted by atomic mass is 127. The van der Waals surface area contributed by atoms with Gasteiger partial charge in [-0.05, 0) is 19.8 Å². The van der Waals surface area contributed by atoms with Crippen molar-refractivity contribution in [1.82, 2.24) is 15.6 Å². The van der Waals surface area contributed by atoms with E-state index in [2.05, 4.69) is 32.1 Å². The van der Waals surface area contributed by atoms with Gasteiger partial charge in [-0.15, -0.1) is 35.3 Å². The van der Waals surface area contributed by atoms with E-state index in [0.29, 0.717) is 0 Å². The molecule has 0 atom stereocenters. The number of hydrogen-bond donors (Lipinski definition) is 2. The van der Waals surface area contributed by atoms with Gasteiger partial charge >= 0.3 is 0 Å². The summed E-state index contributed by atoms with van der Waals surface area (Å²) in [6, 6.07) is 0. The predicted octanol–water partition coefficient (Wildman–Crippen LogP) is 2.51. The van der Waals surface area contributed by atoms with E-state index >= 15 is 0 Å². The SMILES string of the molecule is CN=C(NCCC1=CCOCC1)NCCc1csc(C)n1.I. The maximum atomic E-state index is 5.31. The van der Waals surface area contributed by atoms with Gasteiger partial charge in [-0.1, -0.05) is 11.6 Å². The standard InChI is InChI=1S/C15H24N4OS.HI/c1-12-19-14(11-21-12)4-8-18-15(16-2)17-7-3-13-5-9-20-10-6-13;/h5,11H,3-4,6-10H2,1-2H3,(H2,16,17,18);1H. The molecule has 0 unspecified atom stereocenters. The molecular weight excluding hydrogens is 411 g/mol. The molecule has 0 saturated heterocycles. The van der Waals surface area contributed by atoms with Gasteiger partial charge < -0.3 is 15.4 Å². The Balaban J connectivity index is 0.00000242. The summed E-state index contributed by atoms with van der Waals surface area (Å²) < 4.78 is 5.31. The highest BCUT2D eigenvalue weighted by Crippen LogP contribution is 2.10. The summed E-state index contributed by atoms with van der Waals surface area (Å²) in [6.07, 6.45) is 5.21. The number of hydrogen-bond acceptors (Lipinski definition) is 4. The van der Waals surface area contributed by atoms with Crippen molar-refractivity contribution in [3.05, 3.63) is 27.7 Å². The van der Waals surface area contributed by atoms with Crippen LogP contribution in [0.25, 0.3) is 0 Å². The van der Waals surface area contributed by atoms with Crippen LogP contribution in [0.5, 0.6) is 0 Å². The summed E-state index contributed by atoms with van der Waals surface area (Å²) in [5, 5.41) is 9.91. The zero-order valence-electron chi connectivity index (χ0n) is 13.2. The van der Waals surface area contributed by atoms with E-state index in [1.54, 1.807) is 18.4 Å². The van der Waals surface area contributed by atoms with Crippen LogP contribution in [0.3, 0.4) is 0 Å². The van der Waals surface area contributed by atoms with Gasteiger partial charge in [0.25, 0.3) is 0 Å². The Bertz CT molecular complexity index is 501. The normalized spacial score (nSPS) is 15.0. The summed E-state index contributed by atoms with van der Waals surface area (Å²) in [5.74, 6) is 0.856. The monoisotopic (exact) mass is 436 g/mol. The third kappa shape index (κ3) is 7.06. The number of guanidine groups is 1. The molecule has 0 amide bonds. The molecule has 22 heavy (non-hydrogen) atoms. The predicted molar refractivity (Wildman–Crippen MR) is 103 cm³/mol. The minimum Gasteiger partial charge on any atom is -0.377 e. The fraction of sp³-hybridized carbons (Fsp3) is 0.600. The van der Waals surface area contributed by atoms with Crippen molar-refractivity contribution in [1.29, 1.82) is 0 Å². The number of thiazole rings is 1. The molecule has 2 N–H and O–H groups in total. The van der Waals surface area contributed by atoms with Crippen LogP contribution in [0.15, 0.2) is 22.0 Å². The molecule has 7 heteroatoms. The molecule has 0 saturated carbocycles. The van der Waals surface area contributed by atoms with E-state index in [-0.39, 0.29) is 24.0 Å². The summed E-state index contributed by atoms with van der Waals surface area (Å²) in [5.41, 5.74) is 2.62. The topological polar surface area (TPSA) is 58.5 Å². The Morgan fingerprint density at radius 3 is 2.73 bits per heavy atom. The number of halogens is 1. The molecule has 2 heterocycles. The average molecular weight is 436 g/mol. The average Bonchev–Trinajstić information content (AvgIpc) is 2.92. The number of aryl methyl sites for hydroxylation is 1. The van der Waals surface area contributed by atoms with Crippen molar-refractivity contribution in [2.75, 3.05) is 33.4 Å². The summed E-state index contributed by atoms with van der Waals surface area (Å²) in [6.45, 7) is 5.40. The molecule has 2 rings (SSSR count). The van der Waals surface area contributed by atoms with Crippen LogP contribution in [0.1, 0.15) is 23.5 Å². The van der Waals surface area contributed by atoms with Gasteiger partial charge in [-0.2, -0.15) is 0 Å². The molecule has 124 valence electrons. The minimum absolute atomic E-state index is 0. The van der Waals surface area contributed by atoms with Gasteiger partial charge in [-0.3, -0.25) is 4.99 Å². The molecule has 1 aromatic rings. The lowest BCUT2D eigenvalue weighted by atomic mass is 10.1. The van der Waals surface area contributed by atoms with E-state index < -0.39 is 0 Å². The zero-order chi connectivity index (χ0) is 14.9. The third-order valence-corrected chi connectivity index (χ3v) is 4.18. The Morgan fingerprint density at radius 1 is 1.36 bits per heavy atom. The number of aliphatic imine (C=N–C) groups is 1. The van der Waals surface area contributed by atoms with Crippen LogP contribution < -0.4 is 10.6 Å². The summed E-state index contributed by atoms with van der Waals surface area (Å²) >= 11 is 1.70. The van der Waals surface area contributed by atoms with E-state index in [9.17, 15) is 0 Å². The summed E-state index contributed by atoms with van der Waals surface area (Å²) in [4.78, 5) is 8.70. The molecular formula is C15H25IN4OS. The molecule has 1 aliphatic heterocycles. The van der Waals surface area contributed by atoms with Gasteiger partial charge in [0.2, 0.25) is 0 Å². The van der Waals surface area contributed by atoms with Gasteiger partial charge in [0.05, 0.1) is 23.9 Å². The molecule has 5 nitrogen and oxygen atoms in total. The third-order valence-electron chi connectivity index (χ3n) is 3.36. The molecule has 0 radical (unpaired) electrons. The Labute approximate surface area is 153 Å². The molecule has 0 fully saturated rings. The van der Waals surface area contributed by atoms with Crippen molar-refractivity contribution >= 4 is 41.3 Å². The first-order chi connectivity index (χ1) is 10.3. The van der Waals surface area contributed by atoms with Crippen molar-refractivity contribution in [3.63, 3.8) is 0 Å². The van der Waals surface area contributed by atoms with Crippen LogP contribution >= 0.6 is 35.3 Å². The first-order valence-corrected chi connectivity index (χ1v) is 8.27. The maximum Gasteiger partial charge on any atom is 0.190 e. The quantitative estimate of drug-likeness (QED) is 0.312. The van der Waals surface area contributed by atoms with E-state index in [1.807, 2.05) is 6.92 Å². The lowest BCUT2D eigenvalue weighted by Gasteiger charge is -2.15. The van der Waals surface area contributed by atoms with E-state index in [1.165, 1.54) is 5.57 Å². The number of nitrogens with zero attached hydrogens (tertiary/aromatic N) is 2. The molecule has 1 aromatic heterocycles. The highest BCUT2D eigenvalue weighted by molar-refractivity contribution is 14.0. The van der Waals surface area contributed by atoms with E-state index in [4.69, 9.17) is 4.74 Å². The Morgan fingerprint density at radius 2 is 2.14 bits per heavy atom. The van der Waals surface area contributed by atoms with Crippen LogP contribution in [-0.2, 0) is 11.2 Å². The van der Waals surface area contributed by atoms with Gasteiger partial charge in [-0.25, -0.2) is 4.98 Å². The van der Waals surface area contributed by atoms with Gasteiger partial charge in [0, 0.05) is 31.9 Å². The molecule has 0 bridgehead atoms. The first kappa shape index (κ1) is 19.4. The zero-order valence-corrected chi connectivity index (χ0v) is 16.4. The second-order valence-electron chi connectivity index (χ2n) is 4.97. The lowest BCUT2D eigenvalue weighted by molar-refractivity contribution is 0.153. The maximum absolute atomic E-state index is 5.31. The number of aromatic nitrogens is 1. The smallest absolute Gasteiger partial charge is 0.190 e. The minimum atomic E-state index is 0. The largest absolute Gasteiger partial charge is 0.377 e. The summed E-state index contributed by atoms with van der Waals surface area (Å²) in [7, 11) is 1.80. The Hall–Kier alpha value is -0.670. The fourth-order valence-corrected chi connectivity index (χ4v) is 2.83. The Kier molecular flexibility index (Phi) is 9.65. The van der Waals surface area contributed by atoms with E-state index in [0.717, 1.165) is 62.2 Å². The lowest BCUT2D eigenvalue weighted by Crippen LogP contribution is -2.38. The van der Waals surface area contributed by atoms with Gasteiger partial charge in [0.1, 0.15) is 0 Å². The molecule has 0 aliphatic carbocycles. The molecule has 0 spiro atoms. The highest BCUT2D eigenvalue weighted by Gasteiger charge is 2.04. The number of ether oxygens (including phenoxy) is 1. The first-order valence-electron chi connectivity index (χ1n) is 7.39. The van der Waals surface area contributed by atoms with Crippen LogP contribution in [-0.4, -0.2) is 44.3 Å².